The van der Waals surface area contributed by atoms with E-state index in [2.05, 4.69) is 38.9 Å². The largest absolute Gasteiger partial charge is 0.379 e. The summed E-state index contributed by atoms with van der Waals surface area (Å²) in [6, 6.07) is 0. The van der Waals surface area contributed by atoms with Gasteiger partial charge in [0.25, 0.3) is 0 Å². The fourth-order valence-corrected chi connectivity index (χ4v) is 4.69. The summed E-state index contributed by atoms with van der Waals surface area (Å²) < 4.78 is 5.45. The van der Waals surface area contributed by atoms with Gasteiger partial charge in [-0.15, -0.1) is 11.3 Å². The topological polar surface area (TPSA) is 53.0 Å². The van der Waals surface area contributed by atoms with Gasteiger partial charge in [0, 0.05) is 57.6 Å². The van der Waals surface area contributed by atoms with Crippen LogP contribution in [0.4, 0.5) is 0 Å². The van der Waals surface area contributed by atoms with E-state index < -0.39 is 0 Å². The fraction of sp³-hybridized carbons (Fsp3) is 0.778. The maximum atomic E-state index is 5.45. The molecular weight excluding hydrogens is 334 g/mol. The van der Waals surface area contributed by atoms with E-state index in [0.29, 0.717) is 0 Å². The summed E-state index contributed by atoms with van der Waals surface area (Å²) >= 11 is 1.81. The number of nitrogens with one attached hydrogen (secondary N) is 1. The number of ether oxygens (including phenoxy) is 1. The van der Waals surface area contributed by atoms with Gasteiger partial charge in [0.1, 0.15) is 0 Å². The Balaban J connectivity index is 1.43. The van der Waals surface area contributed by atoms with E-state index in [1.54, 1.807) is 11.3 Å². The fourth-order valence-electron chi connectivity index (χ4n) is 3.75. The third kappa shape index (κ3) is 5.15. The molecule has 6 nitrogen and oxygen atoms in total. The molecule has 2 aliphatic heterocycles. The molecule has 0 aliphatic carbocycles. The van der Waals surface area contributed by atoms with E-state index >= 15 is 0 Å². The van der Waals surface area contributed by atoms with Crippen molar-refractivity contribution in [3.63, 3.8) is 0 Å². The van der Waals surface area contributed by atoms with Crippen LogP contribution in [-0.4, -0.2) is 80.3 Å². The summed E-state index contributed by atoms with van der Waals surface area (Å²) in [5.74, 6) is 1.78. The van der Waals surface area contributed by atoms with E-state index in [9.17, 15) is 0 Å². The third-order valence-corrected chi connectivity index (χ3v) is 6.18. The minimum Gasteiger partial charge on any atom is -0.379 e. The Bertz CT molecular complexity index is 582. The van der Waals surface area contributed by atoms with Crippen molar-refractivity contribution in [1.82, 2.24) is 20.1 Å². The highest BCUT2D eigenvalue weighted by Crippen LogP contribution is 2.19. The van der Waals surface area contributed by atoms with Crippen LogP contribution in [0.2, 0.25) is 0 Å². The van der Waals surface area contributed by atoms with Gasteiger partial charge >= 0.3 is 0 Å². The third-order valence-electron chi connectivity index (χ3n) is 5.05. The number of hydrogen-bond acceptors (Lipinski definition) is 5. The molecule has 2 aliphatic rings. The first-order valence-electron chi connectivity index (χ1n) is 9.34. The molecule has 1 unspecified atom stereocenters. The molecule has 25 heavy (non-hydrogen) atoms. The van der Waals surface area contributed by atoms with E-state index in [1.807, 2.05) is 7.05 Å². The number of aliphatic imine (C=N–C) groups is 1. The summed E-state index contributed by atoms with van der Waals surface area (Å²) in [5, 5.41) is 4.70. The minimum atomic E-state index is 0.739. The molecule has 0 saturated carbocycles. The molecule has 0 aromatic carbocycles. The van der Waals surface area contributed by atoms with E-state index in [1.165, 1.54) is 23.5 Å². The van der Waals surface area contributed by atoms with Gasteiger partial charge in [-0.05, 0) is 26.2 Å². The molecule has 7 heteroatoms. The number of morpholine rings is 1. The monoisotopic (exact) mass is 365 g/mol. The molecule has 1 aromatic rings. The average molecular weight is 366 g/mol. The molecule has 2 saturated heterocycles. The molecule has 1 aromatic heterocycles. The van der Waals surface area contributed by atoms with Gasteiger partial charge in [-0.25, -0.2) is 4.98 Å². The molecule has 0 amide bonds. The Morgan fingerprint density at radius 3 is 2.80 bits per heavy atom. The lowest BCUT2D eigenvalue weighted by molar-refractivity contribution is 0.0315. The number of likely N-dealkylation sites (tertiary alicyclic amines) is 1. The normalized spacial score (nSPS) is 22.6. The van der Waals surface area contributed by atoms with Gasteiger partial charge in [-0.2, -0.15) is 0 Å². The Labute approximate surface area is 155 Å². The van der Waals surface area contributed by atoms with Gasteiger partial charge in [-0.1, -0.05) is 0 Å². The van der Waals surface area contributed by atoms with E-state index in [-0.39, 0.29) is 0 Å². The number of hydrogen-bond donors (Lipinski definition) is 1. The lowest BCUT2D eigenvalue weighted by Gasteiger charge is -2.29. The first-order valence-corrected chi connectivity index (χ1v) is 10.2. The van der Waals surface area contributed by atoms with Gasteiger partial charge in [0.05, 0.1) is 23.9 Å². The number of aryl methyl sites for hydroxylation is 2. The average Bonchev–Trinajstić information content (AvgIpc) is 3.19. The van der Waals surface area contributed by atoms with Crippen LogP contribution < -0.4 is 5.32 Å². The van der Waals surface area contributed by atoms with Crippen molar-refractivity contribution in [2.75, 3.05) is 59.5 Å². The Hall–Kier alpha value is -1.18. The summed E-state index contributed by atoms with van der Waals surface area (Å²) in [6.07, 6.45) is 2.27. The standard InChI is InChI=1S/C18H31N5OS/c1-14-17(25-15(2)21-14)4-6-20-18(19-3)23-7-5-16(13-23)12-22-8-10-24-11-9-22/h16H,4-13H2,1-3H3,(H,19,20). The summed E-state index contributed by atoms with van der Waals surface area (Å²) in [5.41, 5.74) is 1.17. The molecular formula is C18H31N5OS. The summed E-state index contributed by atoms with van der Waals surface area (Å²) in [6.45, 7) is 12.4. The smallest absolute Gasteiger partial charge is 0.193 e. The molecule has 0 spiro atoms. The van der Waals surface area contributed by atoms with Crippen LogP contribution >= 0.6 is 11.3 Å². The molecule has 0 radical (unpaired) electrons. The van der Waals surface area contributed by atoms with Crippen molar-refractivity contribution in [2.45, 2.75) is 26.7 Å². The quantitative estimate of drug-likeness (QED) is 0.634. The Morgan fingerprint density at radius 2 is 2.12 bits per heavy atom. The molecule has 140 valence electrons. The zero-order chi connectivity index (χ0) is 17.6. The van der Waals surface area contributed by atoms with Crippen molar-refractivity contribution in [3.05, 3.63) is 15.6 Å². The van der Waals surface area contributed by atoms with E-state index in [0.717, 1.165) is 69.2 Å². The van der Waals surface area contributed by atoms with Crippen LogP contribution in [0, 0.1) is 19.8 Å². The van der Waals surface area contributed by atoms with Crippen LogP contribution in [0.5, 0.6) is 0 Å². The lowest BCUT2D eigenvalue weighted by Crippen LogP contribution is -2.42. The number of guanidine groups is 1. The molecule has 3 heterocycles. The zero-order valence-corrected chi connectivity index (χ0v) is 16.6. The Kier molecular flexibility index (Phi) is 6.67. The van der Waals surface area contributed by atoms with Crippen LogP contribution in [-0.2, 0) is 11.2 Å². The van der Waals surface area contributed by atoms with Crippen molar-refractivity contribution >= 4 is 17.3 Å². The molecule has 1 atom stereocenters. The van der Waals surface area contributed by atoms with Crippen molar-refractivity contribution in [3.8, 4) is 0 Å². The second kappa shape index (κ2) is 8.96. The molecule has 0 bridgehead atoms. The van der Waals surface area contributed by atoms with Crippen LogP contribution in [0.1, 0.15) is 22.0 Å². The van der Waals surface area contributed by atoms with Gasteiger partial charge in [-0.3, -0.25) is 9.89 Å². The number of aromatic nitrogens is 1. The molecule has 1 N–H and O–H groups in total. The van der Waals surface area contributed by atoms with Crippen LogP contribution in [0.25, 0.3) is 0 Å². The first-order chi connectivity index (χ1) is 12.2. The second-order valence-electron chi connectivity index (χ2n) is 6.98. The Morgan fingerprint density at radius 1 is 1.32 bits per heavy atom. The predicted molar refractivity (Wildman–Crippen MR) is 104 cm³/mol. The van der Waals surface area contributed by atoms with Crippen LogP contribution in [0.15, 0.2) is 4.99 Å². The molecule has 2 fully saturated rings. The van der Waals surface area contributed by atoms with Crippen molar-refractivity contribution in [1.29, 1.82) is 0 Å². The van der Waals surface area contributed by atoms with Crippen molar-refractivity contribution in [2.24, 2.45) is 10.9 Å². The first kappa shape index (κ1) is 18.6. The SMILES string of the molecule is CN=C(NCCc1sc(C)nc1C)N1CCC(CN2CCOCC2)C1. The predicted octanol–water partition coefficient (Wildman–Crippen LogP) is 1.53. The van der Waals surface area contributed by atoms with Gasteiger partial charge in [0.15, 0.2) is 5.96 Å². The second-order valence-corrected chi connectivity index (χ2v) is 8.27. The minimum absolute atomic E-state index is 0.739. The highest BCUT2D eigenvalue weighted by Gasteiger charge is 2.27. The highest BCUT2D eigenvalue weighted by molar-refractivity contribution is 7.11. The van der Waals surface area contributed by atoms with Gasteiger partial charge < -0.3 is 15.0 Å². The summed E-state index contributed by atoms with van der Waals surface area (Å²) in [4.78, 5) is 15.3. The molecule has 3 rings (SSSR count). The van der Waals surface area contributed by atoms with Crippen molar-refractivity contribution < 1.29 is 4.74 Å². The maximum absolute atomic E-state index is 5.45. The summed E-state index contributed by atoms with van der Waals surface area (Å²) in [7, 11) is 1.89. The lowest BCUT2D eigenvalue weighted by atomic mass is 10.1. The van der Waals surface area contributed by atoms with Gasteiger partial charge in [0.2, 0.25) is 0 Å². The number of nitrogens with zero attached hydrogens (tertiary/aromatic N) is 4. The maximum Gasteiger partial charge on any atom is 0.193 e. The number of rotatable bonds is 5. The van der Waals surface area contributed by atoms with Crippen LogP contribution in [0.3, 0.4) is 0 Å². The van der Waals surface area contributed by atoms with E-state index in [4.69, 9.17) is 4.74 Å². The number of thiazole rings is 1. The highest BCUT2D eigenvalue weighted by atomic mass is 32.1. The zero-order valence-electron chi connectivity index (χ0n) is 15.8.